The maximum Gasteiger partial charge on any atom is 0.0547 e. The Kier molecular flexibility index (Phi) is 5.70. The number of fused-ring (bicyclic) bond motifs is 5. The van der Waals surface area contributed by atoms with E-state index in [1.165, 1.54) is 82.1 Å². The first-order valence-corrected chi connectivity index (χ1v) is 17.3. The maximum absolute atomic E-state index is 2.47. The molecule has 0 amide bonds. The molecule has 50 heavy (non-hydrogen) atoms. The highest BCUT2D eigenvalue weighted by molar-refractivity contribution is 6.31. The van der Waals surface area contributed by atoms with Crippen LogP contribution in [0.3, 0.4) is 0 Å². The highest BCUT2D eigenvalue weighted by atomic mass is 15.1. The van der Waals surface area contributed by atoms with Gasteiger partial charge in [0.05, 0.1) is 16.7 Å². The summed E-state index contributed by atoms with van der Waals surface area (Å²) in [6.07, 6.45) is 0. The van der Waals surface area contributed by atoms with Crippen molar-refractivity contribution in [2.45, 2.75) is 0 Å². The number of para-hydroxylation sites is 1. The van der Waals surface area contributed by atoms with E-state index >= 15 is 0 Å². The van der Waals surface area contributed by atoms with Crippen LogP contribution in [0, 0.1) is 0 Å². The van der Waals surface area contributed by atoms with Crippen molar-refractivity contribution in [2.75, 3.05) is 4.90 Å². The second-order valence-electron chi connectivity index (χ2n) is 13.3. The summed E-state index contributed by atoms with van der Waals surface area (Å²) < 4.78 is 2.45. The van der Waals surface area contributed by atoms with Gasteiger partial charge in [-0.2, -0.15) is 0 Å². The van der Waals surface area contributed by atoms with Crippen LogP contribution in [0.2, 0.25) is 0 Å². The van der Waals surface area contributed by atoms with E-state index in [4.69, 9.17) is 0 Å². The van der Waals surface area contributed by atoms with E-state index < -0.39 is 0 Å². The predicted molar refractivity (Wildman–Crippen MR) is 212 cm³/mol. The largest absolute Gasteiger partial charge is 0.310 e. The quantitative estimate of drug-likeness (QED) is 0.187. The standard InChI is InChI=1S/C48H30N2/c1-2-16-36(17-3-1)50-43-22-10-20-41-46-40(39-18-8-15-33-25-28-44(50)48(45(33)39)47(41)43)19-9-21-42(46)49(37-26-23-31-11-4-6-13-34(31)29-37)38-27-24-32-12-5-7-14-35(32)30-38/h1-30H. The average molecular weight is 635 g/mol. The molecule has 0 spiro atoms. The molecule has 1 aliphatic carbocycles. The van der Waals surface area contributed by atoms with Gasteiger partial charge < -0.3 is 9.47 Å². The Hall–Kier alpha value is -6.64. The normalized spacial score (nSPS) is 12.0. The van der Waals surface area contributed by atoms with Gasteiger partial charge >= 0.3 is 0 Å². The van der Waals surface area contributed by atoms with E-state index in [0.29, 0.717) is 0 Å². The molecule has 2 nitrogen and oxygen atoms in total. The van der Waals surface area contributed by atoms with E-state index in [0.717, 1.165) is 17.1 Å². The van der Waals surface area contributed by atoms with Gasteiger partial charge in [-0.25, -0.2) is 0 Å². The molecule has 0 unspecified atom stereocenters. The van der Waals surface area contributed by atoms with Crippen LogP contribution < -0.4 is 4.90 Å². The predicted octanol–water partition coefficient (Wildman–Crippen LogP) is 13.4. The summed E-state index contributed by atoms with van der Waals surface area (Å²) >= 11 is 0. The Balaban J connectivity index is 1.29. The molecule has 10 aromatic rings. The van der Waals surface area contributed by atoms with Gasteiger partial charge in [-0.3, -0.25) is 0 Å². The number of nitrogens with zero attached hydrogens (tertiary/aromatic N) is 2. The molecular formula is C48H30N2. The Morgan fingerprint density at radius 2 is 0.900 bits per heavy atom. The van der Waals surface area contributed by atoms with Crippen molar-refractivity contribution in [1.29, 1.82) is 0 Å². The highest BCUT2D eigenvalue weighted by Crippen LogP contribution is 2.54. The van der Waals surface area contributed by atoms with Crippen LogP contribution in [0.5, 0.6) is 0 Å². The van der Waals surface area contributed by atoms with Crippen LogP contribution in [0.15, 0.2) is 182 Å². The number of aromatic nitrogens is 1. The van der Waals surface area contributed by atoms with Crippen LogP contribution in [-0.4, -0.2) is 4.57 Å². The van der Waals surface area contributed by atoms with Crippen LogP contribution in [0.25, 0.3) is 82.1 Å². The van der Waals surface area contributed by atoms with Crippen LogP contribution in [-0.2, 0) is 0 Å². The van der Waals surface area contributed by atoms with Gasteiger partial charge in [0, 0.05) is 33.4 Å². The first-order chi connectivity index (χ1) is 24.8. The monoisotopic (exact) mass is 634 g/mol. The third-order valence-electron chi connectivity index (χ3n) is 10.6. The van der Waals surface area contributed by atoms with Gasteiger partial charge in [-0.15, -0.1) is 0 Å². The fraction of sp³-hybridized carbons (Fsp3) is 0. The third-order valence-corrected chi connectivity index (χ3v) is 10.6. The zero-order valence-electron chi connectivity index (χ0n) is 27.2. The van der Waals surface area contributed by atoms with Gasteiger partial charge in [0.25, 0.3) is 0 Å². The SMILES string of the molecule is c1ccc(-n2c3cccc4c3c3c5c(cccc5ccc32)-c2cccc(N(c3ccc5ccccc5c3)c3ccc5ccccc5c3)c2-4)cc1. The minimum Gasteiger partial charge on any atom is -0.310 e. The number of hydrogen-bond acceptors (Lipinski definition) is 1. The molecule has 0 radical (unpaired) electrons. The van der Waals surface area contributed by atoms with Crippen LogP contribution >= 0.6 is 0 Å². The van der Waals surface area contributed by atoms with Gasteiger partial charge in [-0.05, 0) is 104 Å². The fourth-order valence-electron chi connectivity index (χ4n) is 8.51. The van der Waals surface area contributed by atoms with E-state index in [1.54, 1.807) is 0 Å². The van der Waals surface area contributed by atoms with Crippen molar-refractivity contribution in [3.8, 4) is 27.9 Å². The minimum absolute atomic E-state index is 1.13. The molecule has 1 aliphatic rings. The lowest BCUT2D eigenvalue weighted by molar-refractivity contribution is 1.18. The van der Waals surface area contributed by atoms with E-state index in [9.17, 15) is 0 Å². The van der Waals surface area contributed by atoms with Crippen molar-refractivity contribution in [1.82, 2.24) is 4.57 Å². The molecule has 0 fully saturated rings. The molecule has 232 valence electrons. The molecule has 0 atom stereocenters. The Bertz CT molecular complexity index is 2910. The summed E-state index contributed by atoms with van der Waals surface area (Å²) in [7, 11) is 0. The smallest absolute Gasteiger partial charge is 0.0547 e. The van der Waals surface area contributed by atoms with Crippen molar-refractivity contribution in [3.05, 3.63) is 182 Å². The molecular weight excluding hydrogens is 605 g/mol. The lowest BCUT2D eigenvalue weighted by atomic mass is 9.91. The Morgan fingerprint density at radius 1 is 0.340 bits per heavy atom. The highest BCUT2D eigenvalue weighted by Gasteiger charge is 2.28. The number of hydrogen-bond donors (Lipinski definition) is 0. The zero-order chi connectivity index (χ0) is 32.8. The summed E-state index contributed by atoms with van der Waals surface area (Å²) in [5, 5.41) is 10.1. The molecule has 0 saturated heterocycles. The molecule has 0 saturated carbocycles. The van der Waals surface area contributed by atoms with Crippen LogP contribution in [0.1, 0.15) is 0 Å². The van der Waals surface area contributed by atoms with E-state index in [-0.39, 0.29) is 0 Å². The summed E-state index contributed by atoms with van der Waals surface area (Å²) in [6, 6.07) is 66.9. The fourth-order valence-corrected chi connectivity index (χ4v) is 8.51. The molecule has 0 N–H and O–H groups in total. The summed E-state index contributed by atoms with van der Waals surface area (Å²) in [4.78, 5) is 2.47. The van der Waals surface area contributed by atoms with Crippen molar-refractivity contribution in [2.24, 2.45) is 0 Å². The molecule has 2 heteroatoms. The van der Waals surface area contributed by atoms with E-state index in [1.807, 2.05) is 0 Å². The van der Waals surface area contributed by atoms with Crippen molar-refractivity contribution < 1.29 is 0 Å². The first kappa shape index (κ1) is 27.3. The van der Waals surface area contributed by atoms with Crippen molar-refractivity contribution in [3.63, 3.8) is 0 Å². The number of benzene rings is 9. The second kappa shape index (κ2) is 10.4. The molecule has 0 bridgehead atoms. The number of anilines is 3. The number of rotatable bonds is 4. The van der Waals surface area contributed by atoms with E-state index in [2.05, 4.69) is 191 Å². The van der Waals surface area contributed by atoms with Crippen LogP contribution in [0.4, 0.5) is 17.1 Å². The van der Waals surface area contributed by atoms with Gasteiger partial charge in [0.2, 0.25) is 0 Å². The lowest BCUT2D eigenvalue weighted by Gasteiger charge is -2.30. The van der Waals surface area contributed by atoms with Gasteiger partial charge in [0.15, 0.2) is 0 Å². The average Bonchev–Trinajstić information content (AvgIpc) is 3.46. The zero-order valence-corrected chi connectivity index (χ0v) is 27.2. The summed E-state index contributed by atoms with van der Waals surface area (Å²) in [6.45, 7) is 0. The minimum atomic E-state index is 1.13. The summed E-state index contributed by atoms with van der Waals surface area (Å²) in [5.41, 5.74) is 12.1. The topological polar surface area (TPSA) is 8.17 Å². The van der Waals surface area contributed by atoms with Gasteiger partial charge in [0.1, 0.15) is 0 Å². The van der Waals surface area contributed by atoms with Gasteiger partial charge in [-0.1, -0.05) is 127 Å². The Labute approximate surface area is 289 Å². The Morgan fingerprint density at radius 3 is 1.64 bits per heavy atom. The molecule has 1 heterocycles. The third kappa shape index (κ3) is 3.85. The summed E-state index contributed by atoms with van der Waals surface area (Å²) in [5.74, 6) is 0. The first-order valence-electron chi connectivity index (χ1n) is 17.3. The molecule has 11 rings (SSSR count). The van der Waals surface area contributed by atoms with Crippen molar-refractivity contribution >= 4 is 71.2 Å². The molecule has 1 aromatic heterocycles. The lowest BCUT2D eigenvalue weighted by Crippen LogP contribution is -2.12. The second-order valence-corrected chi connectivity index (χ2v) is 13.3. The maximum atomic E-state index is 2.47. The molecule has 9 aromatic carbocycles. The molecule has 0 aliphatic heterocycles.